The van der Waals surface area contributed by atoms with Gasteiger partial charge in [-0.05, 0) is 74.6 Å². The van der Waals surface area contributed by atoms with Crippen LogP contribution in [0.5, 0.6) is 5.75 Å². The monoisotopic (exact) mass is 663 g/mol. The molecule has 0 fully saturated rings. The van der Waals surface area contributed by atoms with Crippen molar-refractivity contribution in [2.75, 3.05) is 13.7 Å². The second-order valence-electron chi connectivity index (χ2n) is 11.6. The SMILES string of the molecule is COC(=O)c1c2c3ccc(Cl)c(c3n1C)-c1c(nn(C)c1C)CSCc1cc(n(C)n1)CSc1cc(C)c(C)c(c1)OCCC2. The zero-order valence-corrected chi connectivity index (χ0v) is 29.2. The van der Waals surface area contributed by atoms with Gasteiger partial charge in [-0.3, -0.25) is 9.36 Å². The van der Waals surface area contributed by atoms with Crippen LogP contribution >= 0.6 is 35.1 Å². The van der Waals surface area contributed by atoms with Crippen LogP contribution in [0.25, 0.3) is 22.0 Å². The third-order valence-electron chi connectivity index (χ3n) is 8.77. The van der Waals surface area contributed by atoms with Crippen molar-refractivity contribution in [1.82, 2.24) is 24.1 Å². The molecule has 8 nitrogen and oxygen atoms in total. The first-order valence-electron chi connectivity index (χ1n) is 15.0. The van der Waals surface area contributed by atoms with E-state index in [0.717, 1.165) is 73.9 Å². The molecule has 0 atom stereocenters. The fraction of sp³-hybridized carbons (Fsp3) is 0.382. The van der Waals surface area contributed by atoms with E-state index in [4.69, 9.17) is 31.3 Å². The van der Waals surface area contributed by atoms with Gasteiger partial charge in [0, 0.05) is 71.2 Å². The second-order valence-corrected chi connectivity index (χ2v) is 14.0. The molecule has 2 aromatic carbocycles. The number of aromatic nitrogens is 5. The minimum atomic E-state index is -0.370. The van der Waals surface area contributed by atoms with E-state index < -0.39 is 0 Å². The summed E-state index contributed by atoms with van der Waals surface area (Å²) in [6, 6.07) is 10.5. The third kappa shape index (κ3) is 5.88. The highest BCUT2D eigenvalue weighted by Gasteiger charge is 2.28. The van der Waals surface area contributed by atoms with Crippen LogP contribution in [0.1, 0.15) is 56.4 Å². The molecule has 4 heterocycles. The maximum atomic E-state index is 13.2. The van der Waals surface area contributed by atoms with Crippen LogP contribution in [-0.4, -0.2) is 43.8 Å². The summed E-state index contributed by atoms with van der Waals surface area (Å²) in [5, 5.41) is 11.3. The molecule has 5 aromatic rings. The summed E-state index contributed by atoms with van der Waals surface area (Å²) in [6.45, 7) is 6.81. The molecule has 0 amide bonds. The molecule has 11 heteroatoms. The predicted octanol–water partition coefficient (Wildman–Crippen LogP) is 7.73. The van der Waals surface area contributed by atoms with E-state index in [2.05, 4.69) is 39.0 Å². The number of esters is 1. The van der Waals surface area contributed by atoms with Crippen LogP contribution < -0.4 is 4.74 Å². The van der Waals surface area contributed by atoms with Crippen molar-refractivity contribution < 1.29 is 14.3 Å². The average Bonchev–Trinajstić information content (AvgIpc) is 3.61. The van der Waals surface area contributed by atoms with E-state index in [9.17, 15) is 4.79 Å². The van der Waals surface area contributed by atoms with Crippen molar-refractivity contribution in [2.45, 2.75) is 55.8 Å². The van der Waals surface area contributed by atoms with E-state index in [1.165, 1.54) is 23.3 Å². The van der Waals surface area contributed by atoms with Gasteiger partial charge in [0.25, 0.3) is 0 Å². The first kappa shape index (κ1) is 31.6. The van der Waals surface area contributed by atoms with Crippen molar-refractivity contribution in [3.63, 3.8) is 0 Å². The Bertz CT molecular complexity index is 1940. The summed E-state index contributed by atoms with van der Waals surface area (Å²) in [6.07, 6.45) is 1.37. The summed E-state index contributed by atoms with van der Waals surface area (Å²) in [5.74, 6) is 2.78. The van der Waals surface area contributed by atoms with E-state index in [-0.39, 0.29) is 5.97 Å². The lowest BCUT2D eigenvalue weighted by Gasteiger charge is -2.14. The lowest BCUT2D eigenvalue weighted by molar-refractivity contribution is 0.0589. The van der Waals surface area contributed by atoms with Gasteiger partial charge < -0.3 is 14.0 Å². The smallest absolute Gasteiger partial charge is 0.354 e. The van der Waals surface area contributed by atoms with Gasteiger partial charge in [0.2, 0.25) is 0 Å². The Labute approximate surface area is 277 Å². The number of rotatable bonds is 1. The number of aryl methyl sites for hydroxylation is 5. The third-order valence-corrected chi connectivity index (χ3v) is 11.1. The van der Waals surface area contributed by atoms with Crippen LogP contribution in [-0.2, 0) is 49.6 Å². The summed E-state index contributed by atoms with van der Waals surface area (Å²) in [4.78, 5) is 14.4. The van der Waals surface area contributed by atoms with E-state index >= 15 is 0 Å². The molecule has 0 spiro atoms. The highest BCUT2D eigenvalue weighted by atomic mass is 35.5. The number of methoxy groups -OCH3 is 1. The lowest BCUT2D eigenvalue weighted by Crippen LogP contribution is -2.11. The van der Waals surface area contributed by atoms with Gasteiger partial charge in [-0.1, -0.05) is 17.7 Å². The summed E-state index contributed by atoms with van der Waals surface area (Å²) in [7, 11) is 7.32. The Morgan fingerprint density at radius 2 is 1.80 bits per heavy atom. The van der Waals surface area contributed by atoms with Crippen LogP contribution in [0, 0.1) is 20.8 Å². The van der Waals surface area contributed by atoms with Crippen molar-refractivity contribution in [3.8, 4) is 16.9 Å². The van der Waals surface area contributed by atoms with E-state index in [0.29, 0.717) is 29.5 Å². The number of carbonyl (C=O) groups excluding carboxylic acids is 1. The number of ether oxygens (including phenoxy) is 2. The van der Waals surface area contributed by atoms with Gasteiger partial charge in [-0.25, -0.2) is 4.79 Å². The number of halogens is 1. The molecule has 8 bridgehead atoms. The first-order valence-corrected chi connectivity index (χ1v) is 17.5. The highest BCUT2D eigenvalue weighted by molar-refractivity contribution is 7.98. The molecule has 0 saturated carbocycles. The maximum Gasteiger partial charge on any atom is 0.354 e. The van der Waals surface area contributed by atoms with E-state index in [1.807, 2.05) is 47.2 Å². The molecule has 1 aliphatic heterocycles. The normalized spacial score (nSPS) is 14.2. The number of nitrogens with zero attached hydrogens (tertiary/aromatic N) is 5. The molecule has 0 N–H and O–H groups in total. The van der Waals surface area contributed by atoms with Gasteiger partial charge in [0.15, 0.2) is 0 Å². The zero-order chi connectivity index (χ0) is 32.0. The first-order chi connectivity index (χ1) is 21.6. The number of hydrogen-bond donors (Lipinski definition) is 0. The lowest BCUT2D eigenvalue weighted by atomic mass is 9.98. The van der Waals surface area contributed by atoms with Crippen molar-refractivity contribution in [3.05, 3.63) is 80.5 Å². The van der Waals surface area contributed by atoms with Crippen LogP contribution in [0.15, 0.2) is 35.2 Å². The second kappa shape index (κ2) is 12.8. The van der Waals surface area contributed by atoms with E-state index in [1.54, 1.807) is 23.5 Å². The van der Waals surface area contributed by atoms with Gasteiger partial charge in [-0.2, -0.15) is 10.2 Å². The maximum absolute atomic E-state index is 13.2. The van der Waals surface area contributed by atoms with Crippen LogP contribution in [0.2, 0.25) is 5.02 Å². The molecule has 0 aliphatic carbocycles. The minimum Gasteiger partial charge on any atom is -0.493 e. The Kier molecular flexibility index (Phi) is 9.00. The van der Waals surface area contributed by atoms with Crippen LogP contribution in [0.4, 0.5) is 0 Å². The molecule has 0 unspecified atom stereocenters. The minimum absolute atomic E-state index is 0.370. The Morgan fingerprint density at radius 1 is 1.00 bits per heavy atom. The van der Waals surface area contributed by atoms with Crippen molar-refractivity contribution >= 4 is 52.0 Å². The number of fused-ring (bicyclic) bond motifs is 6. The Balaban J connectivity index is 1.49. The highest BCUT2D eigenvalue weighted by Crippen LogP contribution is 2.43. The zero-order valence-electron chi connectivity index (χ0n) is 26.8. The number of thioether (sulfide) groups is 2. The quantitative estimate of drug-likeness (QED) is 0.170. The summed E-state index contributed by atoms with van der Waals surface area (Å²) >= 11 is 10.6. The predicted molar refractivity (Wildman–Crippen MR) is 184 cm³/mol. The molecule has 0 saturated heterocycles. The Morgan fingerprint density at radius 3 is 2.58 bits per heavy atom. The molecular formula is C34H38ClN5O3S2. The van der Waals surface area contributed by atoms with Crippen molar-refractivity contribution in [1.29, 1.82) is 0 Å². The molecule has 6 rings (SSSR count). The molecule has 3 aromatic heterocycles. The van der Waals surface area contributed by atoms with Gasteiger partial charge >= 0.3 is 5.97 Å². The fourth-order valence-corrected chi connectivity index (χ4v) is 8.33. The van der Waals surface area contributed by atoms with Gasteiger partial charge in [0.1, 0.15) is 11.4 Å². The standard InChI is InChI=1S/C34H38ClN5O3S2/c1-19-13-24-15-29(20(19)2)43-12-8-9-25-26-10-11-27(35)31(32(26)38(4)33(25)34(41)42-7)30-21(3)39(5)37-28(30)18-44-16-22-14-23(17-45-24)40(6)36-22/h10-11,13-15H,8-9,12,16-18H2,1-7H3. The summed E-state index contributed by atoms with van der Waals surface area (Å²) in [5.41, 5.74) is 10.8. The van der Waals surface area contributed by atoms with Crippen molar-refractivity contribution in [2.24, 2.45) is 21.1 Å². The van der Waals surface area contributed by atoms with Gasteiger partial charge in [0.05, 0.1) is 35.6 Å². The summed E-state index contributed by atoms with van der Waals surface area (Å²) < 4.78 is 17.5. The molecule has 0 radical (unpaired) electrons. The molecule has 45 heavy (non-hydrogen) atoms. The fourth-order valence-electron chi connectivity index (χ4n) is 6.20. The number of benzene rings is 2. The largest absolute Gasteiger partial charge is 0.493 e. The average molecular weight is 664 g/mol. The van der Waals surface area contributed by atoms with Gasteiger partial charge in [-0.15, -0.1) is 23.5 Å². The molecular weight excluding hydrogens is 626 g/mol. The number of hydrogen-bond acceptors (Lipinski definition) is 7. The number of carbonyl (C=O) groups is 1. The topological polar surface area (TPSA) is 76.1 Å². The molecule has 236 valence electrons. The van der Waals surface area contributed by atoms with Crippen LogP contribution in [0.3, 0.4) is 0 Å². The molecule has 1 aliphatic rings. The Hall–Kier alpha value is -3.34.